The largest absolute Gasteiger partial charge is 0.481 e. The summed E-state index contributed by atoms with van der Waals surface area (Å²) < 4.78 is 1.62. The summed E-state index contributed by atoms with van der Waals surface area (Å²) in [5.74, 6) is -0.822. The molecule has 1 unspecified atom stereocenters. The Kier molecular flexibility index (Phi) is 2.29. The molecule has 1 N–H and O–H groups in total. The van der Waals surface area contributed by atoms with Gasteiger partial charge < -0.3 is 5.11 Å². The van der Waals surface area contributed by atoms with Crippen LogP contribution >= 0.6 is 0 Å². The van der Waals surface area contributed by atoms with Crippen molar-refractivity contribution in [2.75, 3.05) is 0 Å². The second kappa shape index (κ2) is 3.66. The highest BCUT2D eigenvalue weighted by Crippen LogP contribution is 2.63. The lowest BCUT2D eigenvalue weighted by atomic mass is 9.93. The maximum atomic E-state index is 11.6. The minimum atomic E-state index is -0.889. The third-order valence-corrected chi connectivity index (χ3v) is 4.05. The Morgan fingerprint density at radius 3 is 2.47 bits per heavy atom. The fourth-order valence-corrected chi connectivity index (χ4v) is 2.70. The van der Waals surface area contributed by atoms with E-state index in [2.05, 4.69) is 10.3 Å². The van der Waals surface area contributed by atoms with Crippen LogP contribution in [0.5, 0.6) is 0 Å². The second-order valence-corrected chi connectivity index (χ2v) is 5.66. The number of para-hydroxylation sites is 1. The van der Waals surface area contributed by atoms with Gasteiger partial charge >= 0.3 is 5.97 Å². The summed E-state index contributed by atoms with van der Waals surface area (Å²) in [6.07, 6.45) is 2.32. The zero-order chi connectivity index (χ0) is 13.7. The van der Waals surface area contributed by atoms with E-state index in [4.69, 9.17) is 0 Å². The highest BCUT2D eigenvalue weighted by molar-refractivity contribution is 5.86. The third-order valence-electron chi connectivity index (χ3n) is 4.05. The van der Waals surface area contributed by atoms with Crippen molar-refractivity contribution in [3.8, 4) is 5.69 Å². The Labute approximate surface area is 110 Å². The van der Waals surface area contributed by atoms with Gasteiger partial charge in [0.2, 0.25) is 0 Å². The smallest absolute Gasteiger partial charge is 0.316 e. The van der Waals surface area contributed by atoms with Crippen molar-refractivity contribution in [2.45, 2.75) is 25.7 Å². The number of hydrogen-bond donors (Lipinski definition) is 1. The number of carboxylic acids is 1. The van der Waals surface area contributed by atoms with Gasteiger partial charge in [0.15, 0.2) is 0 Å². The summed E-state index contributed by atoms with van der Waals surface area (Å²) in [4.78, 5) is 11.6. The van der Waals surface area contributed by atoms with Crippen LogP contribution < -0.4 is 0 Å². The van der Waals surface area contributed by atoms with Crippen LogP contribution in [-0.4, -0.2) is 26.1 Å². The lowest BCUT2D eigenvalue weighted by Crippen LogP contribution is -2.26. The van der Waals surface area contributed by atoms with Crippen LogP contribution in [0.3, 0.4) is 0 Å². The van der Waals surface area contributed by atoms with Crippen LogP contribution in [0.1, 0.15) is 26.0 Å². The van der Waals surface area contributed by atoms with Crippen molar-refractivity contribution < 1.29 is 9.90 Å². The molecule has 0 radical (unpaired) electrons. The first-order valence-electron chi connectivity index (χ1n) is 6.19. The van der Waals surface area contributed by atoms with E-state index in [-0.39, 0.29) is 5.41 Å². The van der Waals surface area contributed by atoms with Gasteiger partial charge in [-0.15, -0.1) is 5.10 Å². The van der Waals surface area contributed by atoms with E-state index in [1.165, 1.54) is 0 Å². The van der Waals surface area contributed by atoms with Gasteiger partial charge in [0, 0.05) is 0 Å². The molecule has 1 fully saturated rings. The van der Waals surface area contributed by atoms with Crippen LogP contribution in [0.15, 0.2) is 36.5 Å². The number of carbonyl (C=O) groups is 1. The second-order valence-electron chi connectivity index (χ2n) is 5.66. The molecule has 1 atom stereocenters. The molecule has 19 heavy (non-hydrogen) atoms. The highest BCUT2D eigenvalue weighted by Gasteiger charge is 2.69. The minimum absolute atomic E-state index is 0.267. The SMILES string of the molecule is CC1(C)CC1(C(=O)O)c1cn(-c2ccccc2)nn1. The standard InChI is InChI=1S/C14H15N3O2/c1-13(2)9-14(13,12(18)19)11-8-17(16-15-11)10-6-4-3-5-7-10/h3-8H,9H2,1-2H3,(H,18,19). The van der Waals surface area contributed by atoms with E-state index in [1.807, 2.05) is 44.2 Å². The highest BCUT2D eigenvalue weighted by atomic mass is 16.4. The molecular formula is C14H15N3O2. The molecule has 5 heteroatoms. The van der Waals surface area contributed by atoms with Crippen LogP contribution in [0.2, 0.25) is 0 Å². The fourth-order valence-electron chi connectivity index (χ4n) is 2.70. The molecule has 1 aliphatic carbocycles. The summed E-state index contributed by atoms with van der Waals surface area (Å²) >= 11 is 0. The monoisotopic (exact) mass is 257 g/mol. The van der Waals surface area contributed by atoms with Crippen molar-refractivity contribution in [3.63, 3.8) is 0 Å². The van der Waals surface area contributed by atoms with Crippen molar-refractivity contribution in [3.05, 3.63) is 42.2 Å². The summed E-state index contributed by atoms with van der Waals surface area (Å²) in [7, 11) is 0. The van der Waals surface area contributed by atoms with Gasteiger partial charge in [0.1, 0.15) is 11.1 Å². The Morgan fingerprint density at radius 1 is 1.32 bits per heavy atom. The molecule has 1 aliphatic rings. The first-order chi connectivity index (χ1) is 8.97. The molecule has 5 nitrogen and oxygen atoms in total. The molecule has 1 aromatic carbocycles. The van der Waals surface area contributed by atoms with Gasteiger partial charge in [-0.3, -0.25) is 4.79 Å². The minimum Gasteiger partial charge on any atom is -0.481 e. The van der Waals surface area contributed by atoms with E-state index in [1.54, 1.807) is 10.9 Å². The maximum Gasteiger partial charge on any atom is 0.316 e. The number of nitrogens with zero attached hydrogens (tertiary/aromatic N) is 3. The Bertz CT molecular complexity index is 633. The van der Waals surface area contributed by atoms with Gasteiger partial charge in [0.25, 0.3) is 0 Å². The fraction of sp³-hybridized carbons (Fsp3) is 0.357. The first kappa shape index (κ1) is 11.9. The van der Waals surface area contributed by atoms with Gasteiger partial charge in [-0.2, -0.15) is 0 Å². The topological polar surface area (TPSA) is 68.0 Å². The van der Waals surface area contributed by atoms with Crippen LogP contribution in [0.25, 0.3) is 5.69 Å². The molecule has 3 rings (SSSR count). The third kappa shape index (κ3) is 1.58. The van der Waals surface area contributed by atoms with E-state index in [9.17, 15) is 9.90 Å². The average molecular weight is 257 g/mol. The molecule has 0 amide bonds. The van der Waals surface area contributed by atoms with Gasteiger partial charge in [-0.1, -0.05) is 37.3 Å². The van der Waals surface area contributed by atoms with Crippen LogP contribution in [0, 0.1) is 5.41 Å². The number of benzene rings is 1. The number of aromatic nitrogens is 3. The molecular weight excluding hydrogens is 242 g/mol. The zero-order valence-corrected chi connectivity index (χ0v) is 10.9. The Balaban J connectivity index is 2.01. The van der Waals surface area contributed by atoms with Crippen LogP contribution in [0.4, 0.5) is 0 Å². The van der Waals surface area contributed by atoms with Crippen molar-refractivity contribution in [1.82, 2.24) is 15.0 Å². The van der Waals surface area contributed by atoms with E-state index in [0.29, 0.717) is 12.1 Å². The number of carboxylic acid groups (broad SMARTS) is 1. The molecule has 1 saturated carbocycles. The lowest BCUT2D eigenvalue weighted by Gasteiger charge is -2.11. The Hall–Kier alpha value is -2.17. The number of rotatable bonds is 3. The van der Waals surface area contributed by atoms with Gasteiger partial charge in [-0.05, 0) is 24.0 Å². The molecule has 0 saturated heterocycles. The average Bonchev–Trinajstić information content (AvgIpc) is 2.77. The molecule has 0 bridgehead atoms. The van der Waals surface area contributed by atoms with Crippen molar-refractivity contribution in [2.24, 2.45) is 5.41 Å². The maximum absolute atomic E-state index is 11.6. The van der Waals surface area contributed by atoms with Crippen molar-refractivity contribution >= 4 is 5.97 Å². The number of aliphatic carboxylic acids is 1. The predicted molar refractivity (Wildman–Crippen MR) is 69.1 cm³/mol. The summed E-state index contributed by atoms with van der Waals surface area (Å²) in [5, 5.41) is 17.6. The molecule has 0 spiro atoms. The number of hydrogen-bond acceptors (Lipinski definition) is 3. The quantitative estimate of drug-likeness (QED) is 0.913. The van der Waals surface area contributed by atoms with Gasteiger partial charge in [0.05, 0.1) is 11.9 Å². The van der Waals surface area contributed by atoms with E-state index < -0.39 is 11.4 Å². The van der Waals surface area contributed by atoms with E-state index >= 15 is 0 Å². The zero-order valence-electron chi connectivity index (χ0n) is 10.9. The molecule has 0 aliphatic heterocycles. The van der Waals surface area contributed by atoms with Crippen molar-refractivity contribution in [1.29, 1.82) is 0 Å². The Morgan fingerprint density at radius 2 is 1.95 bits per heavy atom. The van der Waals surface area contributed by atoms with Crippen LogP contribution in [-0.2, 0) is 10.2 Å². The first-order valence-corrected chi connectivity index (χ1v) is 6.19. The molecule has 1 aromatic heterocycles. The predicted octanol–water partition coefficient (Wildman–Crippen LogP) is 2.02. The molecule has 1 heterocycles. The lowest BCUT2D eigenvalue weighted by molar-refractivity contribution is -0.141. The van der Waals surface area contributed by atoms with E-state index in [0.717, 1.165) is 5.69 Å². The molecule has 98 valence electrons. The van der Waals surface area contributed by atoms with Gasteiger partial charge in [-0.25, -0.2) is 4.68 Å². The molecule has 2 aromatic rings. The summed E-state index contributed by atoms with van der Waals surface area (Å²) in [6.45, 7) is 3.89. The normalized spacial score (nSPS) is 24.1. The summed E-state index contributed by atoms with van der Waals surface area (Å²) in [6, 6.07) is 9.55. The summed E-state index contributed by atoms with van der Waals surface area (Å²) in [5.41, 5.74) is 0.255.